The predicted molar refractivity (Wildman–Crippen MR) is 71.9 cm³/mol. The van der Waals surface area contributed by atoms with Crippen LogP contribution in [-0.2, 0) is 13.6 Å². The Kier molecular flexibility index (Phi) is 3.16. The lowest BCUT2D eigenvalue weighted by atomic mass is 10.2. The van der Waals surface area contributed by atoms with Gasteiger partial charge in [-0.05, 0) is 18.2 Å². The van der Waals surface area contributed by atoms with E-state index in [0.717, 1.165) is 5.56 Å². The Morgan fingerprint density at radius 2 is 2.20 bits per heavy atom. The van der Waals surface area contributed by atoms with Crippen LogP contribution in [0.15, 0.2) is 43.2 Å². The zero-order chi connectivity index (χ0) is 13.9. The Bertz CT molecular complexity index is 703. The van der Waals surface area contributed by atoms with Gasteiger partial charge in [-0.25, -0.2) is 14.1 Å². The molecule has 0 atom stereocenters. The van der Waals surface area contributed by atoms with E-state index in [0.29, 0.717) is 17.9 Å². The standard InChI is InChI=1S/C13H13FN6/c1-19-7-10(6-17-19)5-16-11-2-3-13(12(14)4-11)20-9-15-8-18-20/h2-4,6-9,16H,5H2,1H3. The molecule has 3 aromatic rings. The van der Waals surface area contributed by atoms with Crippen molar-refractivity contribution in [2.75, 3.05) is 5.32 Å². The number of hydrogen-bond donors (Lipinski definition) is 1. The molecule has 1 aromatic carbocycles. The smallest absolute Gasteiger partial charge is 0.150 e. The Morgan fingerprint density at radius 1 is 1.30 bits per heavy atom. The molecule has 2 aromatic heterocycles. The highest BCUT2D eigenvalue weighted by atomic mass is 19.1. The first-order valence-corrected chi connectivity index (χ1v) is 6.08. The van der Waals surface area contributed by atoms with Crippen molar-refractivity contribution in [1.82, 2.24) is 24.5 Å². The maximum absolute atomic E-state index is 14.0. The molecule has 20 heavy (non-hydrogen) atoms. The quantitative estimate of drug-likeness (QED) is 0.786. The summed E-state index contributed by atoms with van der Waals surface area (Å²) in [5, 5.41) is 11.1. The molecule has 0 aliphatic carbocycles. The number of aryl methyl sites for hydroxylation is 1. The van der Waals surface area contributed by atoms with Crippen molar-refractivity contribution in [1.29, 1.82) is 0 Å². The van der Waals surface area contributed by atoms with Gasteiger partial charge in [0.2, 0.25) is 0 Å². The van der Waals surface area contributed by atoms with Crippen LogP contribution in [-0.4, -0.2) is 24.5 Å². The molecule has 0 bridgehead atoms. The van der Waals surface area contributed by atoms with Crippen LogP contribution in [0.2, 0.25) is 0 Å². The van der Waals surface area contributed by atoms with Gasteiger partial charge in [-0.15, -0.1) is 0 Å². The topological polar surface area (TPSA) is 60.6 Å². The lowest BCUT2D eigenvalue weighted by Gasteiger charge is -2.07. The van der Waals surface area contributed by atoms with Crippen LogP contribution in [0.3, 0.4) is 0 Å². The average Bonchev–Trinajstić information content (AvgIpc) is 3.08. The number of halogens is 1. The number of nitrogens with zero attached hydrogens (tertiary/aromatic N) is 5. The normalized spacial score (nSPS) is 10.7. The summed E-state index contributed by atoms with van der Waals surface area (Å²) in [5.74, 6) is -0.355. The van der Waals surface area contributed by atoms with E-state index in [9.17, 15) is 4.39 Å². The van der Waals surface area contributed by atoms with Crippen molar-refractivity contribution in [3.63, 3.8) is 0 Å². The van der Waals surface area contributed by atoms with Gasteiger partial charge in [0.1, 0.15) is 18.3 Å². The fraction of sp³-hybridized carbons (Fsp3) is 0.154. The van der Waals surface area contributed by atoms with Crippen LogP contribution in [0, 0.1) is 5.82 Å². The molecule has 102 valence electrons. The molecule has 0 fully saturated rings. The van der Waals surface area contributed by atoms with Gasteiger partial charge in [-0.2, -0.15) is 10.2 Å². The molecule has 0 radical (unpaired) electrons. The molecule has 0 saturated heterocycles. The summed E-state index contributed by atoms with van der Waals surface area (Å²) >= 11 is 0. The van der Waals surface area contributed by atoms with E-state index in [-0.39, 0.29) is 5.82 Å². The second-order valence-corrected chi connectivity index (χ2v) is 4.38. The molecule has 7 heteroatoms. The second kappa shape index (κ2) is 5.12. The zero-order valence-electron chi connectivity index (χ0n) is 10.9. The number of nitrogens with one attached hydrogen (secondary N) is 1. The van der Waals surface area contributed by atoms with Crippen LogP contribution < -0.4 is 5.32 Å². The van der Waals surface area contributed by atoms with E-state index in [2.05, 4.69) is 20.5 Å². The molecule has 1 N–H and O–H groups in total. The van der Waals surface area contributed by atoms with Gasteiger partial charge < -0.3 is 5.32 Å². The fourth-order valence-electron chi connectivity index (χ4n) is 1.90. The molecule has 6 nitrogen and oxygen atoms in total. The minimum Gasteiger partial charge on any atom is -0.381 e. The van der Waals surface area contributed by atoms with Crippen molar-refractivity contribution >= 4 is 5.69 Å². The molecule has 0 saturated carbocycles. The molecule has 0 spiro atoms. The fourth-order valence-corrected chi connectivity index (χ4v) is 1.90. The highest BCUT2D eigenvalue weighted by Gasteiger charge is 2.06. The number of anilines is 1. The third kappa shape index (κ3) is 2.51. The predicted octanol–water partition coefficient (Wildman–Crippen LogP) is 1.75. The van der Waals surface area contributed by atoms with Crippen LogP contribution in [0.5, 0.6) is 0 Å². The highest BCUT2D eigenvalue weighted by Crippen LogP contribution is 2.17. The minimum absolute atomic E-state index is 0.355. The maximum Gasteiger partial charge on any atom is 0.150 e. The van der Waals surface area contributed by atoms with Gasteiger partial charge in [0, 0.05) is 31.0 Å². The minimum atomic E-state index is -0.355. The van der Waals surface area contributed by atoms with Gasteiger partial charge in [-0.3, -0.25) is 4.68 Å². The number of aromatic nitrogens is 5. The largest absolute Gasteiger partial charge is 0.381 e. The lowest BCUT2D eigenvalue weighted by Crippen LogP contribution is -2.02. The summed E-state index contributed by atoms with van der Waals surface area (Å²) in [6, 6.07) is 4.90. The van der Waals surface area contributed by atoms with Crippen molar-refractivity contribution in [3.05, 3.63) is 54.6 Å². The maximum atomic E-state index is 14.0. The summed E-state index contributed by atoms with van der Waals surface area (Å²) in [5.41, 5.74) is 2.11. The third-order valence-corrected chi connectivity index (χ3v) is 2.87. The van der Waals surface area contributed by atoms with E-state index in [1.807, 2.05) is 13.2 Å². The van der Waals surface area contributed by atoms with Crippen molar-refractivity contribution in [2.45, 2.75) is 6.54 Å². The summed E-state index contributed by atoms with van der Waals surface area (Å²) < 4.78 is 17.1. The van der Waals surface area contributed by atoms with Crippen molar-refractivity contribution in [2.24, 2.45) is 7.05 Å². The lowest BCUT2D eigenvalue weighted by molar-refractivity contribution is 0.611. The van der Waals surface area contributed by atoms with Crippen molar-refractivity contribution in [3.8, 4) is 5.69 Å². The van der Waals surface area contributed by atoms with E-state index in [1.54, 1.807) is 23.0 Å². The van der Waals surface area contributed by atoms with Gasteiger partial charge in [-0.1, -0.05) is 0 Å². The molecular weight excluding hydrogens is 259 g/mol. The molecule has 3 rings (SSSR count). The van der Waals surface area contributed by atoms with Crippen LogP contribution >= 0.6 is 0 Å². The van der Waals surface area contributed by atoms with Crippen LogP contribution in [0.25, 0.3) is 5.69 Å². The molecule has 2 heterocycles. The SMILES string of the molecule is Cn1cc(CNc2ccc(-n3cncn3)c(F)c2)cn1. The van der Waals surface area contributed by atoms with Crippen LogP contribution in [0.1, 0.15) is 5.56 Å². The molecule has 0 amide bonds. The number of benzene rings is 1. The van der Waals surface area contributed by atoms with Gasteiger partial charge in [0.05, 0.1) is 6.20 Å². The van der Waals surface area contributed by atoms with E-state index in [4.69, 9.17) is 0 Å². The molecule has 0 aliphatic heterocycles. The average molecular weight is 272 g/mol. The number of hydrogen-bond acceptors (Lipinski definition) is 4. The van der Waals surface area contributed by atoms with Gasteiger partial charge >= 0.3 is 0 Å². The summed E-state index contributed by atoms with van der Waals surface area (Å²) in [6.45, 7) is 0.593. The second-order valence-electron chi connectivity index (χ2n) is 4.38. The number of rotatable bonds is 4. The van der Waals surface area contributed by atoms with E-state index in [1.165, 1.54) is 23.4 Å². The highest BCUT2D eigenvalue weighted by molar-refractivity contribution is 5.49. The Labute approximate surface area is 114 Å². The van der Waals surface area contributed by atoms with E-state index >= 15 is 0 Å². The first-order valence-electron chi connectivity index (χ1n) is 6.08. The molecule has 0 unspecified atom stereocenters. The molecule has 0 aliphatic rings. The molecular formula is C13H13FN6. The van der Waals surface area contributed by atoms with Gasteiger partial charge in [0.15, 0.2) is 5.82 Å². The first kappa shape index (κ1) is 12.3. The van der Waals surface area contributed by atoms with Crippen LogP contribution in [0.4, 0.5) is 10.1 Å². The first-order chi connectivity index (χ1) is 9.72. The summed E-state index contributed by atoms with van der Waals surface area (Å²) in [7, 11) is 1.86. The van der Waals surface area contributed by atoms with Gasteiger partial charge in [0.25, 0.3) is 0 Å². The third-order valence-electron chi connectivity index (χ3n) is 2.87. The van der Waals surface area contributed by atoms with E-state index < -0.39 is 0 Å². The summed E-state index contributed by atoms with van der Waals surface area (Å²) in [6.07, 6.45) is 6.51. The van der Waals surface area contributed by atoms with Crippen molar-refractivity contribution < 1.29 is 4.39 Å². The Morgan fingerprint density at radius 3 is 2.85 bits per heavy atom. The zero-order valence-corrected chi connectivity index (χ0v) is 10.9. The Balaban J connectivity index is 1.74. The monoisotopic (exact) mass is 272 g/mol. The summed E-state index contributed by atoms with van der Waals surface area (Å²) in [4.78, 5) is 3.80. The Hall–Kier alpha value is -2.70.